The summed E-state index contributed by atoms with van der Waals surface area (Å²) in [6, 6.07) is -0.786. The van der Waals surface area contributed by atoms with Gasteiger partial charge in [-0.3, -0.25) is 9.79 Å². The first-order valence-electron chi connectivity index (χ1n) is 4.92. The highest BCUT2D eigenvalue weighted by Crippen LogP contribution is 1.98. The average molecular weight is 306 g/mol. The first-order chi connectivity index (χ1) is 7.07. The van der Waals surface area contributed by atoms with Crippen LogP contribution in [0.2, 0.25) is 0 Å². The minimum absolute atomic E-state index is 0. The molecule has 0 spiro atoms. The monoisotopic (exact) mass is 305 g/mol. The van der Waals surface area contributed by atoms with Crippen molar-refractivity contribution in [3.63, 3.8) is 0 Å². The van der Waals surface area contributed by atoms with Gasteiger partial charge in [-0.15, -0.1) is 24.8 Å². The van der Waals surface area contributed by atoms with Crippen LogP contribution in [0.3, 0.4) is 0 Å². The Balaban J connectivity index is -0.000000980. The molecule has 104 valence electrons. The van der Waals surface area contributed by atoms with Crippen LogP contribution in [0.5, 0.6) is 0 Å². The molecule has 5 nitrogen and oxygen atoms in total. The molecule has 17 heavy (non-hydrogen) atoms. The maximum absolute atomic E-state index is 10.4. The van der Waals surface area contributed by atoms with Crippen molar-refractivity contribution in [2.45, 2.75) is 25.8 Å². The second kappa shape index (κ2) is 13.9. The van der Waals surface area contributed by atoms with Gasteiger partial charge in [-0.2, -0.15) is 11.8 Å². The smallest absolute Gasteiger partial charge is 0.320 e. The Bertz CT molecular complexity index is 230. The summed E-state index contributed by atoms with van der Waals surface area (Å²) in [4.78, 5) is 14.5. The fourth-order valence-corrected chi connectivity index (χ4v) is 1.41. The van der Waals surface area contributed by atoms with Crippen molar-refractivity contribution < 1.29 is 9.90 Å². The average Bonchev–Trinajstić information content (AvgIpc) is 2.20. The van der Waals surface area contributed by atoms with Crippen LogP contribution in [0, 0.1) is 0 Å². The lowest BCUT2D eigenvalue weighted by molar-refractivity contribution is -0.138. The third-order valence-corrected chi connectivity index (χ3v) is 2.67. The molecule has 0 aromatic heterocycles. The van der Waals surface area contributed by atoms with Crippen molar-refractivity contribution in [1.82, 2.24) is 0 Å². The molecule has 0 aliphatic rings. The van der Waals surface area contributed by atoms with Gasteiger partial charge in [0.05, 0.1) is 5.75 Å². The predicted molar refractivity (Wildman–Crippen MR) is 78.8 cm³/mol. The third-order valence-electron chi connectivity index (χ3n) is 1.76. The number of carboxylic acids is 1. The van der Waals surface area contributed by atoms with E-state index in [-0.39, 0.29) is 24.8 Å². The van der Waals surface area contributed by atoms with E-state index in [1.807, 2.05) is 0 Å². The molecular formula is C9H21Cl2N3O2S. The standard InChI is InChI=1S/C9H19N3O2S.2ClH/c1-2-15-6-8(11)12-5-3-4-7(10)9(13)14;;/h7H,2-6,10H2,1H3,(H2,11,12)(H,13,14);2*1H/t7-;;/m0../s1. The highest BCUT2D eigenvalue weighted by molar-refractivity contribution is 7.99. The summed E-state index contributed by atoms with van der Waals surface area (Å²) in [6.07, 6.45) is 1.10. The van der Waals surface area contributed by atoms with E-state index >= 15 is 0 Å². The topological polar surface area (TPSA) is 102 Å². The Morgan fingerprint density at radius 3 is 2.53 bits per heavy atom. The summed E-state index contributed by atoms with van der Waals surface area (Å²) in [5, 5.41) is 8.52. The van der Waals surface area contributed by atoms with E-state index in [0.717, 1.165) is 11.5 Å². The number of hydrogen-bond acceptors (Lipinski definition) is 4. The van der Waals surface area contributed by atoms with Gasteiger partial charge in [0.15, 0.2) is 0 Å². The molecule has 0 saturated carbocycles. The summed E-state index contributed by atoms with van der Waals surface area (Å²) in [7, 11) is 0. The minimum atomic E-state index is -0.964. The van der Waals surface area contributed by atoms with Crippen LogP contribution in [0.4, 0.5) is 0 Å². The Morgan fingerprint density at radius 2 is 2.06 bits per heavy atom. The van der Waals surface area contributed by atoms with Crippen LogP contribution >= 0.6 is 36.6 Å². The third kappa shape index (κ3) is 13.8. The lowest BCUT2D eigenvalue weighted by atomic mass is 10.2. The van der Waals surface area contributed by atoms with Crippen molar-refractivity contribution >= 4 is 48.4 Å². The van der Waals surface area contributed by atoms with Gasteiger partial charge in [0.2, 0.25) is 0 Å². The summed E-state index contributed by atoms with van der Waals surface area (Å²) < 4.78 is 0. The number of hydrogen-bond donors (Lipinski definition) is 3. The van der Waals surface area contributed by atoms with E-state index < -0.39 is 12.0 Å². The fraction of sp³-hybridized carbons (Fsp3) is 0.778. The second-order valence-corrected chi connectivity index (χ2v) is 4.37. The molecule has 0 aliphatic carbocycles. The van der Waals surface area contributed by atoms with Crippen LogP contribution < -0.4 is 11.5 Å². The lowest BCUT2D eigenvalue weighted by Gasteiger charge is -2.04. The quantitative estimate of drug-likeness (QED) is 0.354. The van der Waals surface area contributed by atoms with Crippen molar-refractivity contribution in [2.75, 3.05) is 18.1 Å². The van der Waals surface area contributed by atoms with Crippen molar-refractivity contribution in [3.8, 4) is 0 Å². The molecule has 1 atom stereocenters. The minimum Gasteiger partial charge on any atom is -0.480 e. The first-order valence-corrected chi connectivity index (χ1v) is 6.08. The van der Waals surface area contributed by atoms with Crippen LogP contribution in [-0.4, -0.2) is 41.0 Å². The van der Waals surface area contributed by atoms with Crippen molar-refractivity contribution in [1.29, 1.82) is 0 Å². The molecule has 0 saturated heterocycles. The van der Waals surface area contributed by atoms with Gasteiger partial charge in [0, 0.05) is 6.54 Å². The number of rotatable bonds is 8. The highest BCUT2D eigenvalue weighted by Gasteiger charge is 2.09. The Labute approximate surface area is 119 Å². The van der Waals surface area contributed by atoms with Gasteiger partial charge in [-0.1, -0.05) is 6.92 Å². The maximum atomic E-state index is 10.4. The van der Waals surface area contributed by atoms with Gasteiger partial charge in [-0.05, 0) is 18.6 Å². The zero-order valence-electron chi connectivity index (χ0n) is 9.80. The molecule has 0 fully saturated rings. The number of carbonyl (C=O) groups is 1. The van der Waals surface area contributed by atoms with Crippen LogP contribution in [0.15, 0.2) is 4.99 Å². The summed E-state index contributed by atoms with van der Waals surface area (Å²) in [6.45, 7) is 2.61. The van der Waals surface area contributed by atoms with E-state index in [0.29, 0.717) is 25.2 Å². The number of nitrogens with two attached hydrogens (primary N) is 2. The number of thioether (sulfide) groups is 1. The van der Waals surface area contributed by atoms with Crippen LogP contribution in [0.1, 0.15) is 19.8 Å². The second-order valence-electron chi connectivity index (χ2n) is 3.10. The Morgan fingerprint density at radius 1 is 1.47 bits per heavy atom. The van der Waals surface area contributed by atoms with Gasteiger partial charge in [-0.25, -0.2) is 0 Å². The Hall–Kier alpha value is -0.170. The number of nitrogens with zero attached hydrogens (tertiary/aromatic N) is 1. The summed E-state index contributed by atoms with van der Waals surface area (Å²) in [5.74, 6) is 1.40. The molecule has 0 unspecified atom stereocenters. The first kappa shape index (κ1) is 22.0. The van der Waals surface area contributed by atoms with Gasteiger partial charge < -0.3 is 16.6 Å². The van der Waals surface area contributed by atoms with Crippen LogP contribution in [0.25, 0.3) is 0 Å². The number of carboxylic acid groups (broad SMARTS) is 1. The highest BCUT2D eigenvalue weighted by atomic mass is 35.5. The molecule has 0 aromatic carbocycles. The molecule has 0 rings (SSSR count). The fourth-order valence-electron chi connectivity index (χ4n) is 0.910. The van der Waals surface area contributed by atoms with Crippen molar-refractivity contribution in [3.05, 3.63) is 0 Å². The zero-order chi connectivity index (χ0) is 11.7. The van der Waals surface area contributed by atoms with E-state index in [4.69, 9.17) is 16.6 Å². The zero-order valence-corrected chi connectivity index (χ0v) is 12.2. The molecule has 0 aromatic rings. The van der Waals surface area contributed by atoms with E-state index in [2.05, 4.69) is 11.9 Å². The number of halogens is 2. The predicted octanol–water partition coefficient (Wildman–Crippen LogP) is 1.13. The number of aliphatic carboxylic acids is 1. The molecule has 0 aliphatic heterocycles. The largest absolute Gasteiger partial charge is 0.480 e. The van der Waals surface area contributed by atoms with Gasteiger partial charge in [0.25, 0.3) is 0 Å². The van der Waals surface area contributed by atoms with E-state index in [9.17, 15) is 4.79 Å². The molecule has 0 bridgehead atoms. The molecule has 0 amide bonds. The summed E-state index contributed by atoms with van der Waals surface area (Å²) >= 11 is 1.71. The molecule has 0 radical (unpaired) electrons. The Kier molecular flexibility index (Phi) is 18.0. The number of amidine groups is 1. The number of aliphatic imine (C=N–C) groups is 1. The molecule has 8 heteroatoms. The lowest BCUT2D eigenvalue weighted by Crippen LogP contribution is -2.30. The van der Waals surface area contributed by atoms with Gasteiger partial charge >= 0.3 is 5.97 Å². The maximum Gasteiger partial charge on any atom is 0.320 e. The molecular weight excluding hydrogens is 285 g/mol. The summed E-state index contributed by atoms with van der Waals surface area (Å²) in [5.41, 5.74) is 10.9. The molecule has 5 N–H and O–H groups in total. The molecule has 0 heterocycles. The van der Waals surface area contributed by atoms with Crippen molar-refractivity contribution in [2.24, 2.45) is 16.5 Å². The van der Waals surface area contributed by atoms with E-state index in [1.54, 1.807) is 11.8 Å². The SMILES string of the molecule is CCSCC(N)=NCCC[C@H](N)C(=O)O.Cl.Cl. The normalized spacial score (nSPS) is 12.2. The van der Waals surface area contributed by atoms with E-state index in [1.165, 1.54) is 0 Å². The van der Waals surface area contributed by atoms with Crippen LogP contribution in [-0.2, 0) is 4.79 Å². The van der Waals surface area contributed by atoms with Gasteiger partial charge in [0.1, 0.15) is 11.9 Å².